The van der Waals surface area contributed by atoms with Gasteiger partial charge in [-0.25, -0.2) is 9.97 Å². The van der Waals surface area contributed by atoms with E-state index in [4.69, 9.17) is 9.47 Å². The molecule has 0 saturated carbocycles. The number of ether oxygens (including phenoxy) is 2. The van der Waals surface area contributed by atoms with E-state index in [1.165, 1.54) is 0 Å². The maximum atomic E-state index is 12.3. The first kappa shape index (κ1) is 15.6. The summed E-state index contributed by atoms with van der Waals surface area (Å²) in [7, 11) is 0. The second-order valence-electron chi connectivity index (χ2n) is 3.90. The second kappa shape index (κ2) is 6.30. The predicted molar refractivity (Wildman–Crippen MR) is 72.4 cm³/mol. The smallest absolute Gasteiger partial charge is 0.451 e. The van der Waals surface area contributed by atoms with Crippen LogP contribution in [0, 0.1) is 0 Å². The van der Waals surface area contributed by atoms with Crippen LogP contribution in [0.5, 0.6) is 17.2 Å². The molecular formula is C13H10BrF3N2O2. The lowest BCUT2D eigenvalue weighted by Gasteiger charge is -2.09. The number of hydrogen-bond donors (Lipinski definition) is 0. The van der Waals surface area contributed by atoms with Gasteiger partial charge in [-0.15, -0.1) is 0 Å². The Kier molecular flexibility index (Phi) is 4.66. The highest BCUT2D eigenvalue weighted by molar-refractivity contribution is 9.10. The van der Waals surface area contributed by atoms with Gasteiger partial charge in [0.2, 0.25) is 5.82 Å². The van der Waals surface area contributed by atoms with Gasteiger partial charge in [0.05, 0.1) is 19.0 Å². The topological polar surface area (TPSA) is 44.2 Å². The predicted octanol–water partition coefficient (Wildman–Crippen LogP) is 4.45. The van der Waals surface area contributed by atoms with Crippen LogP contribution >= 0.6 is 15.9 Å². The standard InChI is InChI=1S/C13H10BrF3N2O2/c1-2-20-9-3-8(14)4-10(5-9)21-11-6-18-12(19-7-11)13(15,16)17/h3-7H,2H2,1H3. The number of nitrogens with zero attached hydrogens (tertiary/aromatic N) is 2. The Balaban J connectivity index is 2.18. The summed E-state index contributed by atoms with van der Waals surface area (Å²) in [5, 5.41) is 0. The Bertz CT molecular complexity index is 618. The van der Waals surface area contributed by atoms with Crippen LogP contribution in [-0.2, 0) is 6.18 Å². The molecule has 1 aromatic carbocycles. The summed E-state index contributed by atoms with van der Waals surface area (Å²) in [5.41, 5.74) is 0. The molecule has 4 nitrogen and oxygen atoms in total. The number of benzene rings is 1. The van der Waals surface area contributed by atoms with E-state index in [1.807, 2.05) is 6.92 Å². The van der Waals surface area contributed by atoms with Crippen molar-refractivity contribution in [1.82, 2.24) is 9.97 Å². The Morgan fingerprint density at radius 2 is 1.67 bits per heavy atom. The molecule has 0 fully saturated rings. The molecule has 0 bridgehead atoms. The summed E-state index contributed by atoms with van der Waals surface area (Å²) in [6, 6.07) is 5.02. The maximum Gasteiger partial charge on any atom is 0.451 e. The molecule has 2 rings (SSSR count). The molecule has 0 spiro atoms. The van der Waals surface area contributed by atoms with Crippen LogP contribution in [-0.4, -0.2) is 16.6 Å². The zero-order valence-corrected chi connectivity index (χ0v) is 12.4. The van der Waals surface area contributed by atoms with Crippen LogP contribution < -0.4 is 9.47 Å². The fourth-order valence-corrected chi connectivity index (χ4v) is 1.95. The van der Waals surface area contributed by atoms with E-state index in [-0.39, 0.29) is 5.75 Å². The highest BCUT2D eigenvalue weighted by Crippen LogP contribution is 2.30. The van der Waals surface area contributed by atoms with Gasteiger partial charge in [-0.2, -0.15) is 13.2 Å². The summed E-state index contributed by atoms with van der Waals surface area (Å²) in [4.78, 5) is 6.45. The maximum absolute atomic E-state index is 12.3. The normalized spacial score (nSPS) is 11.3. The Labute approximate surface area is 127 Å². The van der Waals surface area contributed by atoms with E-state index in [2.05, 4.69) is 25.9 Å². The Morgan fingerprint density at radius 1 is 1.05 bits per heavy atom. The number of halogens is 4. The minimum absolute atomic E-state index is 0.101. The third-order valence-corrected chi connectivity index (χ3v) is 2.73. The molecule has 112 valence electrons. The lowest BCUT2D eigenvalue weighted by atomic mass is 10.3. The van der Waals surface area contributed by atoms with Gasteiger partial charge in [0.25, 0.3) is 0 Å². The largest absolute Gasteiger partial charge is 0.494 e. The number of rotatable bonds is 4. The van der Waals surface area contributed by atoms with E-state index in [0.29, 0.717) is 18.1 Å². The van der Waals surface area contributed by atoms with Crippen LogP contribution in [0.4, 0.5) is 13.2 Å². The lowest BCUT2D eigenvalue weighted by molar-refractivity contribution is -0.145. The molecule has 0 radical (unpaired) electrons. The SMILES string of the molecule is CCOc1cc(Br)cc(Oc2cnc(C(F)(F)F)nc2)c1. The monoisotopic (exact) mass is 362 g/mol. The van der Waals surface area contributed by atoms with Crippen LogP contribution in [0.1, 0.15) is 12.7 Å². The van der Waals surface area contributed by atoms with Crippen LogP contribution in [0.2, 0.25) is 0 Å². The van der Waals surface area contributed by atoms with Gasteiger partial charge in [-0.3, -0.25) is 0 Å². The van der Waals surface area contributed by atoms with Crippen LogP contribution in [0.25, 0.3) is 0 Å². The van der Waals surface area contributed by atoms with Crippen molar-refractivity contribution < 1.29 is 22.6 Å². The fraction of sp³-hybridized carbons (Fsp3) is 0.231. The molecular weight excluding hydrogens is 353 g/mol. The van der Waals surface area contributed by atoms with Crippen molar-refractivity contribution in [2.24, 2.45) is 0 Å². The van der Waals surface area contributed by atoms with Crippen molar-refractivity contribution in [2.75, 3.05) is 6.61 Å². The minimum Gasteiger partial charge on any atom is -0.494 e. The molecule has 0 amide bonds. The summed E-state index contributed by atoms with van der Waals surface area (Å²) in [5.74, 6) is -0.131. The average molecular weight is 363 g/mol. The molecule has 0 N–H and O–H groups in total. The molecule has 0 atom stereocenters. The van der Waals surface area contributed by atoms with Crippen molar-refractivity contribution in [3.8, 4) is 17.2 Å². The zero-order chi connectivity index (χ0) is 15.5. The van der Waals surface area contributed by atoms with E-state index >= 15 is 0 Å². The van der Waals surface area contributed by atoms with Gasteiger partial charge in [0, 0.05) is 10.5 Å². The number of alkyl halides is 3. The quantitative estimate of drug-likeness (QED) is 0.805. The summed E-state index contributed by atoms with van der Waals surface area (Å²) in [6.45, 7) is 2.32. The van der Waals surface area contributed by atoms with Crippen molar-refractivity contribution in [1.29, 1.82) is 0 Å². The van der Waals surface area contributed by atoms with Gasteiger partial charge in [-0.1, -0.05) is 15.9 Å². The van der Waals surface area contributed by atoms with E-state index in [1.54, 1.807) is 18.2 Å². The molecule has 1 heterocycles. The highest BCUT2D eigenvalue weighted by Gasteiger charge is 2.34. The zero-order valence-electron chi connectivity index (χ0n) is 10.8. The summed E-state index contributed by atoms with van der Waals surface area (Å²) in [6.07, 6.45) is -2.63. The molecule has 0 aliphatic rings. The molecule has 8 heteroatoms. The van der Waals surface area contributed by atoms with Crippen molar-refractivity contribution >= 4 is 15.9 Å². The Morgan fingerprint density at radius 3 is 2.24 bits per heavy atom. The first-order valence-corrected chi connectivity index (χ1v) is 6.68. The van der Waals surface area contributed by atoms with Crippen LogP contribution in [0.15, 0.2) is 35.1 Å². The van der Waals surface area contributed by atoms with Crippen molar-refractivity contribution in [3.05, 3.63) is 40.9 Å². The molecule has 0 unspecified atom stereocenters. The number of hydrogen-bond acceptors (Lipinski definition) is 4. The van der Waals surface area contributed by atoms with Gasteiger partial charge in [0.15, 0.2) is 5.75 Å². The minimum atomic E-state index is -4.57. The van der Waals surface area contributed by atoms with Crippen LogP contribution in [0.3, 0.4) is 0 Å². The third-order valence-electron chi connectivity index (χ3n) is 2.27. The molecule has 0 aliphatic carbocycles. The first-order chi connectivity index (χ1) is 9.88. The van der Waals surface area contributed by atoms with Crippen molar-refractivity contribution in [3.63, 3.8) is 0 Å². The first-order valence-electron chi connectivity index (χ1n) is 5.89. The molecule has 0 aliphatic heterocycles. The Hall–Kier alpha value is -1.83. The summed E-state index contributed by atoms with van der Waals surface area (Å²) >= 11 is 3.29. The highest BCUT2D eigenvalue weighted by atomic mass is 79.9. The molecule has 0 saturated heterocycles. The molecule has 2 aromatic rings. The molecule has 21 heavy (non-hydrogen) atoms. The average Bonchev–Trinajstić information content (AvgIpc) is 2.38. The summed E-state index contributed by atoms with van der Waals surface area (Å²) < 4.78 is 48.5. The van der Waals surface area contributed by atoms with Crippen molar-refractivity contribution in [2.45, 2.75) is 13.1 Å². The van der Waals surface area contributed by atoms with E-state index in [0.717, 1.165) is 16.9 Å². The third kappa shape index (κ3) is 4.32. The molecule has 1 aromatic heterocycles. The van der Waals surface area contributed by atoms with Gasteiger partial charge in [-0.05, 0) is 19.1 Å². The fourth-order valence-electron chi connectivity index (χ4n) is 1.50. The van der Waals surface area contributed by atoms with E-state index < -0.39 is 12.0 Å². The van der Waals surface area contributed by atoms with Gasteiger partial charge in [0.1, 0.15) is 11.5 Å². The number of aromatic nitrogens is 2. The lowest BCUT2D eigenvalue weighted by Crippen LogP contribution is -2.10. The van der Waals surface area contributed by atoms with Gasteiger partial charge >= 0.3 is 6.18 Å². The van der Waals surface area contributed by atoms with E-state index in [9.17, 15) is 13.2 Å². The van der Waals surface area contributed by atoms with Gasteiger partial charge < -0.3 is 9.47 Å². The second-order valence-corrected chi connectivity index (χ2v) is 4.81.